The first-order valence-electron chi connectivity index (χ1n) is 12.3. The number of ether oxygens (including phenoxy) is 2. The highest BCUT2D eigenvalue weighted by atomic mass is 16.5. The molecule has 0 saturated carbocycles. The molecular weight excluding hydrogens is 434 g/mol. The van der Waals surface area contributed by atoms with Crippen molar-refractivity contribution < 1.29 is 23.9 Å². The molecule has 1 amide bonds. The molecule has 0 unspecified atom stereocenters. The fraction of sp³-hybridized carbons (Fsp3) is 0.538. The molecule has 1 fully saturated rings. The van der Waals surface area contributed by atoms with Crippen LogP contribution in [-0.4, -0.2) is 72.0 Å². The number of likely N-dealkylation sites (tertiary alicyclic amines) is 1. The van der Waals surface area contributed by atoms with E-state index in [2.05, 4.69) is 11.8 Å². The first-order valence-corrected chi connectivity index (χ1v) is 12.3. The Hall–Kier alpha value is -3.00. The van der Waals surface area contributed by atoms with Gasteiger partial charge >= 0.3 is 11.9 Å². The van der Waals surface area contributed by atoms with E-state index < -0.39 is 5.97 Å². The zero-order chi connectivity index (χ0) is 24.1. The highest BCUT2D eigenvalue weighted by molar-refractivity contribution is 6.05. The molecule has 2 aromatic rings. The summed E-state index contributed by atoms with van der Waals surface area (Å²) in [4.78, 5) is 46.8. The number of benzene rings is 1. The van der Waals surface area contributed by atoms with Crippen molar-refractivity contribution in [2.24, 2.45) is 5.92 Å². The Bertz CT molecular complexity index is 1060. The van der Waals surface area contributed by atoms with E-state index in [0.717, 1.165) is 48.1 Å². The molecule has 2 aliphatic heterocycles. The third kappa shape index (κ3) is 5.22. The molecule has 0 aliphatic carbocycles. The molecule has 182 valence electrons. The lowest BCUT2D eigenvalue weighted by molar-refractivity contribution is -0.151. The maximum atomic E-state index is 13.3. The monoisotopic (exact) mass is 467 g/mol. The van der Waals surface area contributed by atoms with Gasteiger partial charge in [-0.05, 0) is 38.8 Å². The fourth-order valence-corrected chi connectivity index (χ4v) is 4.90. The summed E-state index contributed by atoms with van der Waals surface area (Å²) in [5, 5.41) is 0.757. The normalized spacial score (nSPS) is 16.8. The van der Waals surface area contributed by atoms with Crippen molar-refractivity contribution in [3.63, 3.8) is 0 Å². The number of carbonyl (C=O) groups is 3. The van der Waals surface area contributed by atoms with Crippen LogP contribution in [0.25, 0.3) is 10.9 Å². The number of pyridine rings is 1. The summed E-state index contributed by atoms with van der Waals surface area (Å²) in [6, 6.07) is 7.59. The van der Waals surface area contributed by atoms with Gasteiger partial charge in [-0.3, -0.25) is 19.5 Å². The van der Waals surface area contributed by atoms with Gasteiger partial charge in [-0.15, -0.1) is 0 Å². The molecule has 1 aromatic heterocycles. The molecule has 1 saturated heterocycles. The molecule has 0 N–H and O–H groups in total. The summed E-state index contributed by atoms with van der Waals surface area (Å²) in [5.41, 5.74) is 3.14. The van der Waals surface area contributed by atoms with Crippen molar-refractivity contribution in [3.05, 3.63) is 41.1 Å². The molecule has 2 aliphatic rings. The Balaban J connectivity index is 1.46. The van der Waals surface area contributed by atoms with Crippen LogP contribution in [-0.2, 0) is 32.0 Å². The largest absolute Gasteiger partial charge is 0.466 e. The lowest BCUT2D eigenvalue weighted by Gasteiger charge is -2.31. The van der Waals surface area contributed by atoms with Gasteiger partial charge in [0.05, 0.1) is 23.6 Å². The number of piperidine rings is 1. The summed E-state index contributed by atoms with van der Waals surface area (Å²) >= 11 is 0. The number of carbonyl (C=O) groups excluding carboxylic acids is 3. The van der Waals surface area contributed by atoms with Crippen molar-refractivity contribution in [2.75, 3.05) is 39.4 Å². The number of amides is 1. The van der Waals surface area contributed by atoms with Gasteiger partial charge in [0.25, 0.3) is 5.91 Å². The van der Waals surface area contributed by atoms with E-state index in [9.17, 15) is 14.4 Å². The van der Waals surface area contributed by atoms with Crippen LogP contribution >= 0.6 is 0 Å². The smallest absolute Gasteiger partial charge is 0.339 e. The summed E-state index contributed by atoms with van der Waals surface area (Å²) < 4.78 is 10.6. The first kappa shape index (κ1) is 24.1. The number of rotatable bonds is 7. The quantitative estimate of drug-likeness (QED) is 0.579. The maximum absolute atomic E-state index is 13.3. The van der Waals surface area contributed by atoms with Crippen LogP contribution in [0, 0.1) is 5.92 Å². The van der Waals surface area contributed by atoms with E-state index in [0.29, 0.717) is 44.6 Å². The minimum atomic E-state index is -0.483. The van der Waals surface area contributed by atoms with Gasteiger partial charge in [0.2, 0.25) is 0 Å². The van der Waals surface area contributed by atoms with Gasteiger partial charge in [-0.1, -0.05) is 25.1 Å². The second-order valence-corrected chi connectivity index (χ2v) is 8.94. The predicted octanol–water partition coefficient (Wildman–Crippen LogP) is 2.96. The molecule has 3 heterocycles. The molecule has 0 atom stereocenters. The Morgan fingerprint density at radius 3 is 2.56 bits per heavy atom. The van der Waals surface area contributed by atoms with E-state index >= 15 is 0 Å². The predicted molar refractivity (Wildman–Crippen MR) is 127 cm³/mol. The van der Waals surface area contributed by atoms with Crippen LogP contribution in [0.3, 0.4) is 0 Å². The molecule has 34 heavy (non-hydrogen) atoms. The fourth-order valence-electron chi connectivity index (χ4n) is 4.90. The molecule has 4 rings (SSSR count). The highest BCUT2D eigenvalue weighted by Crippen LogP contribution is 2.29. The molecule has 0 bridgehead atoms. The van der Waals surface area contributed by atoms with Crippen LogP contribution in [0.4, 0.5) is 0 Å². The van der Waals surface area contributed by atoms with E-state index in [-0.39, 0.29) is 24.4 Å². The number of aromatic nitrogens is 1. The van der Waals surface area contributed by atoms with Crippen LogP contribution in [0.5, 0.6) is 0 Å². The highest BCUT2D eigenvalue weighted by Gasteiger charge is 2.30. The average molecular weight is 468 g/mol. The van der Waals surface area contributed by atoms with Gasteiger partial charge < -0.3 is 14.4 Å². The van der Waals surface area contributed by atoms with Crippen molar-refractivity contribution in [2.45, 2.75) is 46.1 Å². The van der Waals surface area contributed by atoms with Gasteiger partial charge in [-0.25, -0.2) is 4.79 Å². The lowest BCUT2D eigenvalue weighted by atomic mass is 9.95. The van der Waals surface area contributed by atoms with Crippen LogP contribution in [0.15, 0.2) is 24.3 Å². The average Bonchev–Trinajstić information content (AvgIpc) is 2.86. The summed E-state index contributed by atoms with van der Waals surface area (Å²) in [7, 11) is 0. The van der Waals surface area contributed by atoms with Gasteiger partial charge in [0.1, 0.15) is 0 Å². The number of fused-ring (bicyclic) bond motifs is 2. The number of hydrogen-bond donors (Lipinski definition) is 0. The first-order chi connectivity index (χ1) is 16.5. The number of para-hydroxylation sites is 1. The van der Waals surface area contributed by atoms with E-state index in [1.54, 1.807) is 11.8 Å². The van der Waals surface area contributed by atoms with E-state index in [1.165, 1.54) is 0 Å². The SMILES string of the molecule is CCCN1CCc2nc3ccccc3c(C(=O)OCC(=O)N3CCC(C(=O)OCC)CC3)c2C1. The Morgan fingerprint density at radius 1 is 1.06 bits per heavy atom. The number of esters is 2. The van der Waals surface area contributed by atoms with Crippen molar-refractivity contribution in [1.29, 1.82) is 0 Å². The van der Waals surface area contributed by atoms with Crippen LogP contribution in [0.2, 0.25) is 0 Å². The summed E-state index contributed by atoms with van der Waals surface area (Å²) in [6.45, 7) is 7.42. The third-order valence-electron chi connectivity index (χ3n) is 6.66. The molecule has 8 heteroatoms. The second kappa shape index (κ2) is 11.0. The second-order valence-electron chi connectivity index (χ2n) is 8.94. The summed E-state index contributed by atoms with van der Waals surface area (Å²) in [6.07, 6.45) is 2.95. The van der Waals surface area contributed by atoms with Crippen molar-refractivity contribution in [3.8, 4) is 0 Å². The molecule has 0 radical (unpaired) electrons. The zero-order valence-electron chi connectivity index (χ0n) is 20.0. The third-order valence-corrected chi connectivity index (χ3v) is 6.66. The van der Waals surface area contributed by atoms with Crippen LogP contribution in [0.1, 0.15) is 54.7 Å². The number of nitrogens with zero attached hydrogens (tertiary/aromatic N) is 3. The summed E-state index contributed by atoms with van der Waals surface area (Å²) in [5.74, 6) is -1.10. The minimum Gasteiger partial charge on any atom is -0.466 e. The number of hydrogen-bond acceptors (Lipinski definition) is 7. The maximum Gasteiger partial charge on any atom is 0.339 e. The van der Waals surface area contributed by atoms with Crippen LogP contribution < -0.4 is 0 Å². The Kier molecular flexibility index (Phi) is 7.77. The van der Waals surface area contributed by atoms with Gasteiger partial charge in [0.15, 0.2) is 6.61 Å². The van der Waals surface area contributed by atoms with E-state index in [4.69, 9.17) is 14.5 Å². The van der Waals surface area contributed by atoms with Gasteiger partial charge in [0, 0.05) is 49.2 Å². The topological polar surface area (TPSA) is 89.0 Å². The molecular formula is C26H33N3O5. The minimum absolute atomic E-state index is 0.174. The molecule has 1 aromatic carbocycles. The molecule has 0 spiro atoms. The van der Waals surface area contributed by atoms with Gasteiger partial charge in [-0.2, -0.15) is 0 Å². The van der Waals surface area contributed by atoms with Crippen molar-refractivity contribution in [1.82, 2.24) is 14.8 Å². The zero-order valence-corrected chi connectivity index (χ0v) is 20.0. The molecule has 8 nitrogen and oxygen atoms in total. The Labute approximate surface area is 200 Å². The standard InChI is InChI=1S/C26H33N3O5/c1-3-12-28-13-11-22-20(16-28)24(19-7-5-6-8-21(19)27-22)26(32)34-17-23(30)29-14-9-18(10-15-29)25(31)33-4-2/h5-8,18H,3-4,9-17H2,1-2H3. The van der Waals surface area contributed by atoms with Crippen molar-refractivity contribution >= 4 is 28.7 Å². The lowest BCUT2D eigenvalue weighted by Crippen LogP contribution is -2.42. The Morgan fingerprint density at radius 2 is 1.82 bits per heavy atom. The van der Waals surface area contributed by atoms with E-state index in [1.807, 2.05) is 24.3 Å².